The van der Waals surface area contributed by atoms with Crippen LogP contribution in [0.4, 0.5) is 5.95 Å². The maximum atomic E-state index is 12.4. The van der Waals surface area contributed by atoms with Gasteiger partial charge in [-0.25, -0.2) is 0 Å². The minimum atomic E-state index is -0.777. The first kappa shape index (κ1) is 20.8. The van der Waals surface area contributed by atoms with Crippen molar-refractivity contribution in [3.63, 3.8) is 0 Å². The van der Waals surface area contributed by atoms with Crippen molar-refractivity contribution >= 4 is 45.0 Å². The number of hydrogen-bond acceptors (Lipinski definition) is 7. The van der Waals surface area contributed by atoms with Gasteiger partial charge in [-0.15, -0.1) is 16.4 Å². The van der Waals surface area contributed by atoms with Crippen LogP contribution >= 0.6 is 27.3 Å². The van der Waals surface area contributed by atoms with Crippen molar-refractivity contribution < 1.29 is 19.1 Å². The summed E-state index contributed by atoms with van der Waals surface area (Å²) < 4.78 is 11.4. The summed E-state index contributed by atoms with van der Waals surface area (Å²) in [4.78, 5) is 29.3. The molecule has 0 aliphatic carbocycles. The van der Waals surface area contributed by atoms with Crippen LogP contribution in [0, 0.1) is 0 Å². The molecule has 11 heteroatoms. The molecule has 2 amide bonds. The Morgan fingerprint density at radius 1 is 1.21 bits per heavy atom. The molecule has 0 aliphatic rings. The number of nitrogens with zero attached hydrogens (tertiary/aromatic N) is 2. The first-order valence-electron chi connectivity index (χ1n) is 8.43. The van der Waals surface area contributed by atoms with E-state index in [9.17, 15) is 9.59 Å². The fraction of sp³-hybridized carbons (Fsp3) is 0.222. The third-order valence-corrected chi connectivity index (χ3v) is 5.54. The highest BCUT2D eigenvalue weighted by molar-refractivity contribution is 9.11. The lowest BCUT2D eigenvalue weighted by Gasteiger charge is -2.11. The fourth-order valence-electron chi connectivity index (χ4n) is 2.42. The van der Waals surface area contributed by atoms with Crippen LogP contribution in [-0.4, -0.2) is 47.3 Å². The van der Waals surface area contributed by atoms with Crippen LogP contribution in [0.2, 0.25) is 0 Å². The van der Waals surface area contributed by atoms with Crippen molar-refractivity contribution in [2.45, 2.75) is 13.0 Å². The number of nitrogens with one attached hydrogen (secondary N) is 3. The van der Waals surface area contributed by atoms with Crippen molar-refractivity contribution in [1.82, 2.24) is 20.5 Å². The smallest absolute Gasteiger partial charge is 0.262 e. The van der Waals surface area contributed by atoms with Gasteiger partial charge in [-0.05, 0) is 47.1 Å². The average Bonchev–Trinajstić information content (AvgIpc) is 3.36. The molecular weight excluding hydrogens is 462 g/mol. The van der Waals surface area contributed by atoms with Crippen molar-refractivity contribution in [2.75, 3.05) is 19.5 Å². The number of carbonyl (C=O) groups is 2. The number of methoxy groups -OCH3 is 2. The monoisotopic (exact) mass is 479 g/mol. The summed E-state index contributed by atoms with van der Waals surface area (Å²) in [5, 5.41) is 12.0. The number of carbonyl (C=O) groups excluding carboxylic acids is 2. The second-order valence-corrected chi connectivity index (χ2v) is 8.33. The number of amides is 2. The Balaban J connectivity index is 1.66. The molecule has 3 rings (SSSR count). The van der Waals surface area contributed by atoms with Gasteiger partial charge in [0, 0.05) is 6.07 Å². The summed E-state index contributed by atoms with van der Waals surface area (Å²) in [5.41, 5.74) is 0.658. The van der Waals surface area contributed by atoms with Gasteiger partial charge in [-0.1, -0.05) is 0 Å². The Kier molecular flexibility index (Phi) is 6.49. The number of ether oxygens (including phenoxy) is 2. The number of hydrogen-bond donors (Lipinski definition) is 3. The summed E-state index contributed by atoms with van der Waals surface area (Å²) in [6.45, 7) is 1.58. The van der Waals surface area contributed by atoms with E-state index < -0.39 is 11.9 Å². The number of halogens is 1. The van der Waals surface area contributed by atoms with Gasteiger partial charge in [0.15, 0.2) is 5.82 Å². The molecule has 0 saturated carbocycles. The van der Waals surface area contributed by atoms with E-state index in [4.69, 9.17) is 9.47 Å². The number of benzene rings is 1. The SMILES string of the molecule is COc1ccc(-c2nc(NC(=O)C(C)NC(=O)c3ccc(Br)s3)n[nH]2)c(OC)c1. The molecule has 0 aliphatic heterocycles. The largest absolute Gasteiger partial charge is 0.497 e. The maximum Gasteiger partial charge on any atom is 0.262 e. The second-order valence-electron chi connectivity index (χ2n) is 5.86. The summed E-state index contributed by atoms with van der Waals surface area (Å²) >= 11 is 4.59. The van der Waals surface area contributed by atoms with Gasteiger partial charge in [0.05, 0.1) is 28.4 Å². The molecule has 1 unspecified atom stereocenters. The van der Waals surface area contributed by atoms with E-state index in [-0.39, 0.29) is 11.9 Å². The second kappa shape index (κ2) is 9.05. The van der Waals surface area contributed by atoms with E-state index in [1.807, 2.05) is 0 Å². The minimum Gasteiger partial charge on any atom is -0.497 e. The normalized spacial score (nSPS) is 11.6. The zero-order chi connectivity index (χ0) is 21.0. The lowest BCUT2D eigenvalue weighted by Crippen LogP contribution is -2.41. The zero-order valence-electron chi connectivity index (χ0n) is 15.8. The maximum absolute atomic E-state index is 12.4. The summed E-state index contributed by atoms with van der Waals surface area (Å²) in [5.74, 6) is 0.910. The molecule has 1 atom stereocenters. The predicted molar refractivity (Wildman–Crippen MR) is 112 cm³/mol. The number of aromatic amines is 1. The Labute approximate surface area is 179 Å². The minimum absolute atomic E-state index is 0.0860. The van der Waals surface area contributed by atoms with E-state index in [1.165, 1.54) is 18.4 Å². The van der Waals surface area contributed by atoms with E-state index in [0.29, 0.717) is 27.8 Å². The number of aromatic nitrogens is 3. The van der Waals surface area contributed by atoms with Crippen LogP contribution in [0.25, 0.3) is 11.4 Å². The molecule has 2 heterocycles. The van der Waals surface area contributed by atoms with Gasteiger partial charge < -0.3 is 14.8 Å². The van der Waals surface area contributed by atoms with E-state index >= 15 is 0 Å². The highest BCUT2D eigenvalue weighted by Crippen LogP contribution is 2.31. The molecule has 29 heavy (non-hydrogen) atoms. The fourth-order valence-corrected chi connectivity index (χ4v) is 3.71. The molecule has 0 fully saturated rings. The highest BCUT2D eigenvalue weighted by atomic mass is 79.9. The summed E-state index contributed by atoms with van der Waals surface area (Å²) in [6, 6.07) is 7.92. The first-order valence-corrected chi connectivity index (χ1v) is 10.0. The van der Waals surface area contributed by atoms with Gasteiger partial charge in [0.2, 0.25) is 11.9 Å². The molecule has 3 N–H and O–H groups in total. The number of H-pyrrole nitrogens is 1. The molecule has 3 aromatic rings. The van der Waals surface area contributed by atoms with Crippen LogP contribution in [0.1, 0.15) is 16.6 Å². The Morgan fingerprint density at radius 2 is 2.00 bits per heavy atom. The van der Waals surface area contributed by atoms with Crippen LogP contribution < -0.4 is 20.1 Å². The third-order valence-electron chi connectivity index (χ3n) is 3.92. The molecule has 9 nitrogen and oxygen atoms in total. The summed E-state index contributed by atoms with van der Waals surface area (Å²) in [6.07, 6.45) is 0. The third kappa shape index (κ3) is 4.93. The Hall–Kier alpha value is -2.92. The summed E-state index contributed by atoms with van der Waals surface area (Å²) in [7, 11) is 3.10. The van der Waals surface area contributed by atoms with Gasteiger partial charge in [-0.3, -0.25) is 20.0 Å². The lowest BCUT2D eigenvalue weighted by atomic mass is 10.2. The molecule has 2 aromatic heterocycles. The van der Waals surface area contributed by atoms with Gasteiger partial charge in [-0.2, -0.15) is 4.98 Å². The average molecular weight is 480 g/mol. The van der Waals surface area contributed by atoms with Gasteiger partial charge in [0.25, 0.3) is 5.91 Å². The number of rotatable bonds is 7. The van der Waals surface area contributed by atoms with E-state index in [2.05, 4.69) is 41.7 Å². The van der Waals surface area contributed by atoms with Crippen LogP contribution in [0.15, 0.2) is 34.1 Å². The van der Waals surface area contributed by atoms with Crippen LogP contribution in [0.5, 0.6) is 11.5 Å². The first-order chi connectivity index (χ1) is 13.9. The highest BCUT2D eigenvalue weighted by Gasteiger charge is 2.20. The number of anilines is 1. The molecule has 0 radical (unpaired) electrons. The van der Waals surface area contributed by atoms with Crippen molar-refractivity contribution in [2.24, 2.45) is 0 Å². The topological polar surface area (TPSA) is 118 Å². The van der Waals surface area contributed by atoms with Crippen LogP contribution in [-0.2, 0) is 4.79 Å². The standard InChI is InChI=1S/C18H18BrN5O4S/c1-9(20-17(26)13-6-7-14(19)29-13)16(25)22-18-21-15(23-24-18)11-5-4-10(27-2)8-12(11)28-3/h4-9H,1-3H3,(H,20,26)(H2,21,22,23,24,25). The number of thiophene rings is 1. The van der Waals surface area contributed by atoms with Gasteiger partial charge in [0.1, 0.15) is 17.5 Å². The van der Waals surface area contributed by atoms with Gasteiger partial charge >= 0.3 is 0 Å². The van der Waals surface area contributed by atoms with Crippen molar-refractivity contribution in [1.29, 1.82) is 0 Å². The Morgan fingerprint density at radius 3 is 2.66 bits per heavy atom. The molecule has 0 saturated heterocycles. The van der Waals surface area contributed by atoms with Crippen molar-refractivity contribution in [3.05, 3.63) is 39.0 Å². The van der Waals surface area contributed by atoms with E-state index in [0.717, 1.165) is 3.79 Å². The van der Waals surface area contributed by atoms with Crippen LogP contribution in [0.3, 0.4) is 0 Å². The molecule has 0 spiro atoms. The zero-order valence-corrected chi connectivity index (χ0v) is 18.2. The molecule has 0 bridgehead atoms. The van der Waals surface area contributed by atoms with E-state index in [1.54, 1.807) is 44.4 Å². The quantitative estimate of drug-likeness (QED) is 0.479. The molecule has 152 valence electrons. The lowest BCUT2D eigenvalue weighted by molar-refractivity contribution is -0.117. The molecular formula is C18H18BrN5O4S. The van der Waals surface area contributed by atoms with Crippen molar-refractivity contribution in [3.8, 4) is 22.9 Å². The Bertz CT molecular complexity index is 1030. The predicted octanol–water partition coefficient (Wildman–Crippen LogP) is 3.07. The molecule has 1 aromatic carbocycles.